The fourth-order valence-electron chi connectivity index (χ4n) is 2.08. The fourth-order valence-corrected chi connectivity index (χ4v) is 2.08. The first kappa shape index (κ1) is 15.7. The summed E-state index contributed by atoms with van der Waals surface area (Å²) in [4.78, 5) is 4.35. The summed E-state index contributed by atoms with van der Waals surface area (Å²) in [5.41, 5.74) is 2.00. The average Bonchev–Trinajstić information content (AvgIpc) is 3.14. The minimum Gasteiger partial charge on any atom is -0.872 e. The van der Waals surface area contributed by atoms with E-state index in [1.165, 1.54) is 6.07 Å². The third-order valence-electron chi connectivity index (χ3n) is 3.26. The van der Waals surface area contributed by atoms with Crippen LogP contribution in [0.15, 0.2) is 47.5 Å². The van der Waals surface area contributed by atoms with Crippen LogP contribution < -0.4 is 9.84 Å². The van der Waals surface area contributed by atoms with E-state index < -0.39 is 0 Å². The number of nitrogens with one attached hydrogen (secondary N) is 1. The number of benzene rings is 2. The topological polar surface area (TPSA) is 99.1 Å². The van der Waals surface area contributed by atoms with Gasteiger partial charge >= 0.3 is 0 Å². The maximum absolute atomic E-state index is 12.1. The Kier molecular flexibility index (Phi) is 4.81. The summed E-state index contributed by atoms with van der Waals surface area (Å²) in [5.74, 6) is 0.953. The van der Waals surface area contributed by atoms with Gasteiger partial charge in [0.25, 0.3) is 0 Å². The maximum Gasteiger partial charge on any atom is 0.204 e. The molecule has 0 saturated carbocycles. The minimum absolute atomic E-state index is 0.123. The normalized spacial score (nSPS) is 11.0. The van der Waals surface area contributed by atoms with Gasteiger partial charge in [0.1, 0.15) is 5.75 Å². The van der Waals surface area contributed by atoms with Gasteiger partial charge in [0.15, 0.2) is 0 Å². The highest BCUT2D eigenvalue weighted by Gasteiger charge is 2.03. The summed E-state index contributed by atoms with van der Waals surface area (Å²) >= 11 is 0. The predicted molar refractivity (Wildman–Crippen MR) is 88.5 cm³/mol. The summed E-state index contributed by atoms with van der Waals surface area (Å²) in [7, 11) is 0. The zero-order valence-electron chi connectivity index (χ0n) is 13.1. The lowest BCUT2D eigenvalue weighted by molar-refractivity contribution is -0.268. The van der Waals surface area contributed by atoms with Gasteiger partial charge in [0, 0.05) is 11.8 Å². The van der Waals surface area contributed by atoms with Crippen LogP contribution in [0, 0.1) is 0 Å². The van der Waals surface area contributed by atoms with E-state index in [2.05, 4.69) is 25.6 Å². The van der Waals surface area contributed by atoms with Gasteiger partial charge in [-0.15, -0.1) is 10.2 Å². The number of ether oxygens (including phenoxy) is 1. The molecule has 24 heavy (non-hydrogen) atoms. The Balaban J connectivity index is 1.77. The van der Waals surface area contributed by atoms with Crippen molar-refractivity contribution < 1.29 is 9.84 Å². The van der Waals surface area contributed by atoms with Crippen LogP contribution in [0.3, 0.4) is 0 Å². The molecular formula is C17H16N5O2-. The standard InChI is InChI=1S/C17H17N5O2/c1-2-8-24-15-7-6-13(16(23)10-15)11-18-14-5-3-4-12(9-14)17-19-21-22-20-17/h3-7,9-11,23H,2,8H2,1H3,(H,19,20,21,22)/p-1. The molecule has 1 heterocycles. The Hall–Kier alpha value is -3.22. The summed E-state index contributed by atoms with van der Waals surface area (Å²) in [5, 5.41) is 25.9. The molecule has 0 unspecified atom stereocenters. The quantitative estimate of drug-likeness (QED) is 0.703. The lowest BCUT2D eigenvalue weighted by atomic mass is 10.2. The van der Waals surface area contributed by atoms with Gasteiger partial charge in [-0.1, -0.05) is 30.9 Å². The van der Waals surface area contributed by atoms with Crippen molar-refractivity contribution in [3.8, 4) is 22.9 Å². The molecule has 7 nitrogen and oxygen atoms in total. The number of hydrogen-bond donors (Lipinski definition) is 1. The third-order valence-corrected chi connectivity index (χ3v) is 3.26. The SMILES string of the molecule is CCCOc1ccc(C=Nc2cccc(-c3nn[nH]n3)c2)c([O-])c1. The molecule has 2 aromatic carbocycles. The van der Waals surface area contributed by atoms with E-state index in [1.54, 1.807) is 18.3 Å². The van der Waals surface area contributed by atoms with Crippen molar-refractivity contribution in [1.82, 2.24) is 20.6 Å². The van der Waals surface area contributed by atoms with Crippen molar-refractivity contribution in [2.45, 2.75) is 13.3 Å². The molecule has 0 amide bonds. The lowest BCUT2D eigenvalue weighted by Crippen LogP contribution is -1.99. The fraction of sp³-hybridized carbons (Fsp3) is 0.176. The maximum atomic E-state index is 12.1. The van der Waals surface area contributed by atoms with E-state index in [-0.39, 0.29) is 5.75 Å². The highest BCUT2D eigenvalue weighted by atomic mass is 16.5. The molecule has 0 saturated heterocycles. The Morgan fingerprint density at radius 1 is 1.25 bits per heavy atom. The van der Waals surface area contributed by atoms with Crippen LogP contribution in [0.5, 0.6) is 11.5 Å². The van der Waals surface area contributed by atoms with E-state index in [0.29, 0.717) is 29.4 Å². The minimum atomic E-state index is -0.123. The van der Waals surface area contributed by atoms with Gasteiger partial charge in [-0.2, -0.15) is 5.21 Å². The molecule has 0 radical (unpaired) electrons. The Morgan fingerprint density at radius 2 is 2.17 bits per heavy atom. The number of aliphatic imine (C=N–C) groups is 1. The summed E-state index contributed by atoms with van der Waals surface area (Å²) in [6.45, 7) is 2.61. The second kappa shape index (κ2) is 7.36. The van der Waals surface area contributed by atoms with Crippen molar-refractivity contribution in [2.24, 2.45) is 4.99 Å². The number of rotatable bonds is 6. The summed E-state index contributed by atoms with van der Waals surface area (Å²) < 4.78 is 5.44. The molecule has 0 aliphatic heterocycles. The van der Waals surface area contributed by atoms with Crippen LogP contribution in [0.2, 0.25) is 0 Å². The molecule has 3 aromatic rings. The highest BCUT2D eigenvalue weighted by molar-refractivity contribution is 5.85. The zero-order chi connectivity index (χ0) is 16.8. The molecule has 122 valence electrons. The van der Waals surface area contributed by atoms with E-state index in [0.717, 1.165) is 12.0 Å². The molecule has 0 fully saturated rings. The van der Waals surface area contributed by atoms with Gasteiger partial charge in [0.05, 0.1) is 12.3 Å². The molecule has 0 spiro atoms. The van der Waals surface area contributed by atoms with Crippen molar-refractivity contribution in [3.05, 3.63) is 48.0 Å². The van der Waals surface area contributed by atoms with Crippen molar-refractivity contribution in [1.29, 1.82) is 0 Å². The molecule has 3 rings (SSSR count). The van der Waals surface area contributed by atoms with E-state index in [9.17, 15) is 5.11 Å². The molecule has 1 N–H and O–H groups in total. The first-order chi connectivity index (χ1) is 11.8. The highest BCUT2D eigenvalue weighted by Crippen LogP contribution is 2.23. The van der Waals surface area contributed by atoms with Gasteiger partial charge < -0.3 is 9.84 Å². The molecule has 0 aliphatic carbocycles. The number of tetrazole rings is 1. The third kappa shape index (κ3) is 3.75. The number of aromatic nitrogens is 4. The second-order valence-corrected chi connectivity index (χ2v) is 5.09. The molecule has 0 bridgehead atoms. The monoisotopic (exact) mass is 322 g/mol. The lowest BCUT2D eigenvalue weighted by Gasteiger charge is -2.12. The molecule has 7 heteroatoms. The molecule has 0 atom stereocenters. The van der Waals surface area contributed by atoms with E-state index in [4.69, 9.17) is 4.74 Å². The summed E-state index contributed by atoms with van der Waals surface area (Å²) in [6.07, 6.45) is 2.44. The van der Waals surface area contributed by atoms with Gasteiger partial charge in [-0.05, 0) is 41.5 Å². The number of aromatic amines is 1. The van der Waals surface area contributed by atoms with Crippen LogP contribution in [-0.4, -0.2) is 33.4 Å². The second-order valence-electron chi connectivity index (χ2n) is 5.09. The number of hydrogen-bond acceptors (Lipinski definition) is 6. The van der Waals surface area contributed by atoms with Crippen LogP contribution in [0.4, 0.5) is 5.69 Å². The van der Waals surface area contributed by atoms with Crippen molar-refractivity contribution >= 4 is 11.9 Å². The largest absolute Gasteiger partial charge is 0.872 e. The van der Waals surface area contributed by atoms with Crippen LogP contribution >= 0.6 is 0 Å². The van der Waals surface area contributed by atoms with Gasteiger partial charge in [-0.3, -0.25) is 4.99 Å². The summed E-state index contributed by atoms with van der Waals surface area (Å²) in [6, 6.07) is 12.3. The van der Waals surface area contributed by atoms with Crippen molar-refractivity contribution in [3.63, 3.8) is 0 Å². The molecule has 0 aliphatic rings. The average molecular weight is 322 g/mol. The molecular weight excluding hydrogens is 306 g/mol. The van der Waals surface area contributed by atoms with Crippen LogP contribution in [0.25, 0.3) is 11.4 Å². The van der Waals surface area contributed by atoms with Gasteiger partial charge in [-0.25, -0.2) is 0 Å². The number of H-pyrrole nitrogens is 1. The molecule has 1 aromatic heterocycles. The smallest absolute Gasteiger partial charge is 0.204 e. The van der Waals surface area contributed by atoms with Crippen molar-refractivity contribution in [2.75, 3.05) is 6.61 Å². The Morgan fingerprint density at radius 3 is 2.92 bits per heavy atom. The van der Waals surface area contributed by atoms with Gasteiger partial charge in [0.2, 0.25) is 5.82 Å². The Labute approximate surface area is 139 Å². The van der Waals surface area contributed by atoms with Crippen LogP contribution in [0.1, 0.15) is 18.9 Å². The predicted octanol–water partition coefficient (Wildman–Crippen LogP) is 2.48. The van der Waals surface area contributed by atoms with E-state index >= 15 is 0 Å². The first-order valence-electron chi connectivity index (χ1n) is 7.58. The number of nitrogens with zero attached hydrogens (tertiary/aromatic N) is 4. The van der Waals surface area contributed by atoms with Crippen LogP contribution in [-0.2, 0) is 0 Å². The Bertz CT molecular complexity index is 831. The first-order valence-corrected chi connectivity index (χ1v) is 7.58. The van der Waals surface area contributed by atoms with E-state index in [1.807, 2.05) is 31.2 Å². The zero-order valence-corrected chi connectivity index (χ0v) is 13.1.